The number of benzene rings is 2. The molecule has 2 rings (SSSR count). The predicted molar refractivity (Wildman–Crippen MR) is 75.7 cm³/mol. The number of ketones is 1. The van der Waals surface area contributed by atoms with Crippen molar-refractivity contribution >= 4 is 29.0 Å². The Bertz CT molecular complexity index is 571. The topological polar surface area (TPSA) is 17.1 Å². The van der Waals surface area contributed by atoms with Crippen molar-refractivity contribution in [3.63, 3.8) is 0 Å². The molecule has 18 heavy (non-hydrogen) atoms. The van der Waals surface area contributed by atoms with Gasteiger partial charge in [-0.3, -0.25) is 4.79 Å². The van der Waals surface area contributed by atoms with Crippen LogP contribution in [0.4, 0.5) is 0 Å². The zero-order chi connectivity index (χ0) is 13.1. The van der Waals surface area contributed by atoms with Crippen molar-refractivity contribution in [1.82, 2.24) is 0 Å². The van der Waals surface area contributed by atoms with Gasteiger partial charge in [-0.15, -0.1) is 0 Å². The van der Waals surface area contributed by atoms with Crippen molar-refractivity contribution in [3.05, 3.63) is 69.2 Å². The highest BCUT2D eigenvalue weighted by Crippen LogP contribution is 2.25. The number of hydrogen-bond acceptors (Lipinski definition) is 1. The molecule has 0 aliphatic carbocycles. The average molecular weight is 279 g/mol. The van der Waals surface area contributed by atoms with Gasteiger partial charge in [0.25, 0.3) is 0 Å². The lowest BCUT2D eigenvalue weighted by molar-refractivity contribution is 0.0993. The van der Waals surface area contributed by atoms with E-state index in [0.29, 0.717) is 22.0 Å². The molecule has 0 unspecified atom stereocenters. The molecule has 0 aromatic heterocycles. The first-order chi connectivity index (χ1) is 8.58. The van der Waals surface area contributed by atoms with E-state index in [1.165, 1.54) is 0 Å². The number of rotatable bonds is 3. The number of halogens is 2. The van der Waals surface area contributed by atoms with Crippen LogP contribution < -0.4 is 0 Å². The quantitative estimate of drug-likeness (QED) is 0.742. The molecule has 2 aromatic rings. The van der Waals surface area contributed by atoms with Crippen LogP contribution >= 0.6 is 23.2 Å². The Hall–Kier alpha value is -1.31. The molecule has 1 nitrogen and oxygen atoms in total. The van der Waals surface area contributed by atoms with Gasteiger partial charge in [-0.2, -0.15) is 0 Å². The van der Waals surface area contributed by atoms with Crippen molar-refractivity contribution in [2.45, 2.75) is 13.3 Å². The van der Waals surface area contributed by atoms with E-state index in [1.54, 1.807) is 18.2 Å². The number of hydrogen-bond donors (Lipinski definition) is 0. The zero-order valence-corrected chi connectivity index (χ0v) is 11.4. The molecule has 0 aliphatic heterocycles. The molecule has 92 valence electrons. The summed E-state index contributed by atoms with van der Waals surface area (Å²) in [6.07, 6.45) is 0.311. The third-order valence-corrected chi connectivity index (χ3v) is 3.32. The minimum absolute atomic E-state index is 0.0591. The van der Waals surface area contributed by atoms with E-state index in [9.17, 15) is 4.79 Å². The Morgan fingerprint density at radius 3 is 2.28 bits per heavy atom. The van der Waals surface area contributed by atoms with Gasteiger partial charge in [0.05, 0.1) is 15.6 Å². The maximum Gasteiger partial charge on any atom is 0.170 e. The molecule has 0 fully saturated rings. The SMILES string of the molecule is Cc1cccc(CC(=O)c2c(Cl)cccc2Cl)c1. The third kappa shape index (κ3) is 2.92. The maximum absolute atomic E-state index is 12.2. The standard InChI is InChI=1S/C15H12Cl2O/c1-10-4-2-5-11(8-10)9-14(18)15-12(16)6-3-7-13(15)17/h2-8H,9H2,1H3. The molecule has 0 N–H and O–H groups in total. The summed E-state index contributed by atoms with van der Waals surface area (Å²) in [5.41, 5.74) is 2.50. The Morgan fingerprint density at radius 2 is 1.67 bits per heavy atom. The van der Waals surface area contributed by atoms with Crippen LogP contribution in [0.1, 0.15) is 21.5 Å². The van der Waals surface area contributed by atoms with E-state index < -0.39 is 0 Å². The van der Waals surface area contributed by atoms with Crippen molar-refractivity contribution in [3.8, 4) is 0 Å². The molecule has 0 atom stereocenters. The fourth-order valence-corrected chi connectivity index (χ4v) is 2.47. The van der Waals surface area contributed by atoms with Crippen LogP contribution in [0, 0.1) is 6.92 Å². The molecular formula is C15H12Cl2O. The molecular weight excluding hydrogens is 267 g/mol. The summed E-state index contributed by atoms with van der Waals surface area (Å²) in [7, 11) is 0. The first kappa shape index (κ1) is 13.1. The molecule has 0 saturated carbocycles. The van der Waals surface area contributed by atoms with E-state index in [4.69, 9.17) is 23.2 Å². The van der Waals surface area contributed by atoms with Gasteiger partial charge in [-0.25, -0.2) is 0 Å². The van der Waals surface area contributed by atoms with Crippen LogP contribution in [0.5, 0.6) is 0 Å². The number of carbonyl (C=O) groups excluding carboxylic acids is 1. The highest BCUT2D eigenvalue weighted by atomic mass is 35.5. The molecule has 2 aromatic carbocycles. The van der Waals surface area contributed by atoms with Crippen LogP contribution in [-0.2, 0) is 6.42 Å². The van der Waals surface area contributed by atoms with Crippen molar-refractivity contribution in [2.24, 2.45) is 0 Å². The second-order valence-electron chi connectivity index (χ2n) is 4.19. The molecule has 0 radical (unpaired) electrons. The molecule has 3 heteroatoms. The summed E-state index contributed by atoms with van der Waals surface area (Å²) in [6, 6.07) is 12.9. The summed E-state index contributed by atoms with van der Waals surface area (Å²) in [6.45, 7) is 2.00. The zero-order valence-electron chi connectivity index (χ0n) is 9.91. The lowest BCUT2D eigenvalue weighted by Crippen LogP contribution is -2.05. The Balaban J connectivity index is 2.28. The molecule has 0 spiro atoms. The minimum atomic E-state index is -0.0591. The maximum atomic E-state index is 12.2. The van der Waals surface area contributed by atoms with E-state index in [-0.39, 0.29) is 5.78 Å². The summed E-state index contributed by atoms with van der Waals surface area (Å²) in [4.78, 5) is 12.2. The fraction of sp³-hybridized carbons (Fsp3) is 0.133. The molecule has 0 aliphatic rings. The molecule has 0 saturated heterocycles. The van der Waals surface area contributed by atoms with Gasteiger partial charge >= 0.3 is 0 Å². The number of carbonyl (C=O) groups is 1. The summed E-state index contributed by atoms with van der Waals surface area (Å²) < 4.78 is 0. The Morgan fingerprint density at radius 1 is 1.06 bits per heavy atom. The van der Waals surface area contributed by atoms with Crippen LogP contribution in [0.2, 0.25) is 10.0 Å². The summed E-state index contributed by atoms with van der Waals surface area (Å²) in [5.74, 6) is -0.0591. The van der Waals surface area contributed by atoms with Crippen molar-refractivity contribution < 1.29 is 4.79 Å². The van der Waals surface area contributed by atoms with Crippen LogP contribution in [-0.4, -0.2) is 5.78 Å². The highest BCUT2D eigenvalue weighted by Gasteiger charge is 2.14. The summed E-state index contributed by atoms with van der Waals surface area (Å²) >= 11 is 12.0. The van der Waals surface area contributed by atoms with Gasteiger partial charge in [-0.1, -0.05) is 59.1 Å². The normalized spacial score (nSPS) is 10.4. The monoisotopic (exact) mass is 278 g/mol. The third-order valence-electron chi connectivity index (χ3n) is 2.69. The van der Waals surface area contributed by atoms with Gasteiger partial charge in [0.1, 0.15) is 0 Å². The van der Waals surface area contributed by atoms with E-state index in [1.807, 2.05) is 31.2 Å². The first-order valence-electron chi connectivity index (χ1n) is 5.60. The smallest absolute Gasteiger partial charge is 0.170 e. The number of aryl methyl sites for hydroxylation is 1. The average Bonchev–Trinajstić information content (AvgIpc) is 2.28. The lowest BCUT2D eigenvalue weighted by Gasteiger charge is -2.06. The van der Waals surface area contributed by atoms with Gasteiger partial charge < -0.3 is 0 Å². The Labute approximate surface area is 116 Å². The molecule has 0 bridgehead atoms. The van der Waals surface area contributed by atoms with Crippen LogP contribution in [0.3, 0.4) is 0 Å². The van der Waals surface area contributed by atoms with Gasteiger partial charge in [-0.05, 0) is 24.6 Å². The second kappa shape index (κ2) is 5.55. The van der Waals surface area contributed by atoms with Crippen LogP contribution in [0.15, 0.2) is 42.5 Å². The summed E-state index contributed by atoms with van der Waals surface area (Å²) in [5, 5.41) is 0.806. The highest BCUT2D eigenvalue weighted by molar-refractivity contribution is 6.39. The minimum Gasteiger partial charge on any atom is -0.294 e. The van der Waals surface area contributed by atoms with E-state index in [2.05, 4.69) is 0 Å². The molecule has 0 amide bonds. The van der Waals surface area contributed by atoms with E-state index >= 15 is 0 Å². The largest absolute Gasteiger partial charge is 0.294 e. The van der Waals surface area contributed by atoms with E-state index in [0.717, 1.165) is 11.1 Å². The van der Waals surface area contributed by atoms with Crippen molar-refractivity contribution in [2.75, 3.05) is 0 Å². The lowest BCUT2D eigenvalue weighted by atomic mass is 10.0. The van der Waals surface area contributed by atoms with Gasteiger partial charge in [0.2, 0.25) is 0 Å². The first-order valence-corrected chi connectivity index (χ1v) is 6.36. The van der Waals surface area contributed by atoms with Gasteiger partial charge in [0, 0.05) is 6.42 Å². The van der Waals surface area contributed by atoms with Crippen molar-refractivity contribution in [1.29, 1.82) is 0 Å². The Kier molecular flexibility index (Phi) is 4.05. The van der Waals surface area contributed by atoms with Crippen LogP contribution in [0.25, 0.3) is 0 Å². The molecule has 0 heterocycles. The second-order valence-corrected chi connectivity index (χ2v) is 5.00. The predicted octanol–water partition coefficient (Wildman–Crippen LogP) is 4.73. The van der Waals surface area contributed by atoms with Gasteiger partial charge in [0.15, 0.2) is 5.78 Å². The number of Topliss-reactive ketones (excluding diaryl/α,β-unsaturated/α-hetero) is 1. The fourth-order valence-electron chi connectivity index (χ4n) is 1.86.